The van der Waals surface area contributed by atoms with Crippen molar-refractivity contribution in [2.45, 2.75) is 58.2 Å². The summed E-state index contributed by atoms with van der Waals surface area (Å²) in [5.41, 5.74) is 3.25. The minimum absolute atomic E-state index is 0.00848. The molecule has 0 unspecified atom stereocenters. The molecule has 2 aromatic heterocycles. The van der Waals surface area contributed by atoms with Gasteiger partial charge in [-0.05, 0) is 43.0 Å². The molecule has 5 rings (SSSR count). The smallest absolute Gasteiger partial charge is 0.290 e. The van der Waals surface area contributed by atoms with Crippen LogP contribution in [0.2, 0.25) is 0 Å². The molecule has 3 aromatic rings. The van der Waals surface area contributed by atoms with E-state index in [1.54, 1.807) is 13.1 Å². The molecule has 2 N–H and O–H groups in total. The van der Waals surface area contributed by atoms with Gasteiger partial charge in [0, 0.05) is 57.0 Å². The van der Waals surface area contributed by atoms with E-state index in [-0.39, 0.29) is 22.9 Å². The second kappa shape index (κ2) is 10.2. The molecule has 0 spiro atoms. The van der Waals surface area contributed by atoms with Gasteiger partial charge in [0.05, 0.1) is 12.2 Å². The summed E-state index contributed by atoms with van der Waals surface area (Å²) in [6.45, 7) is 10.5. The van der Waals surface area contributed by atoms with Crippen molar-refractivity contribution in [1.29, 1.82) is 0 Å². The van der Waals surface area contributed by atoms with Gasteiger partial charge in [-0.25, -0.2) is 4.68 Å². The van der Waals surface area contributed by atoms with Gasteiger partial charge in [0.15, 0.2) is 11.6 Å². The van der Waals surface area contributed by atoms with Gasteiger partial charge in [0.1, 0.15) is 5.69 Å². The largest absolute Gasteiger partial charge is 0.353 e. The molecule has 202 valence electrons. The third-order valence-corrected chi connectivity index (χ3v) is 7.40. The topological polar surface area (TPSA) is 100 Å². The molecule has 0 radical (unpaired) electrons. The highest BCUT2D eigenvalue weighted by Gasteiger charge is 2.25. The van der Waals surface area contributed by atoms with Gasteiger partial charge in [0.25, 0.3) is 11.5 Å². The molecule has 10 heteroatoms. The number of benzene rings is 1. The zero-order valence-electron chi connectivity index (χ0n) is 23.0. The lowest BCUT2D eigenvalue weighted by atomic mass is 9.86. The number of rotatable bonds is 5. The zero-order chi connectivity index (χ0) is 27.0. The minimum atomic E-state index is -0.211. The SMILES string of the molecule is CN1CCn2nc(Nc3cc(N4CCC[C@@H](NC(=O)c5ccc(C(C)(C)C)cc5)C4)nn(C)c3=O)cc2C1. The van der Waals surface area contributed by atoms with E-state index in [0.29, 0.717) is 29.4 Å². The van der Waals surface area contributed by atoms with Crippen LogP contribution in [0.3, 0.4) is 0 Å². The number of hydrogen-bond acceptors (Lipinski definition) is 7. The van der Waals surface area contributed by atoms with Crippen molar-refractivity contribution in [2.24, 2.45) is 7.05 Å². The summed E-state index contributed by atoms with van der Waals surface area (Å²) >= 11 is 0. The van der Waals surface area contributed by atoms with Crippen LogP contribution in [0.15, 0.2) is 41.2 Å². The summed E-state index contributed by atoms with van der Waals surface area (Å²) in [5, 5.41) is 15.6. The van der Waals surface area contributed by atoms with Crippen LogP contribution in [0.1, 0.15) is 55.2 Å². The van der Waals surface area contributed by atoms with Crippen molar-refractivity contribution in [3.05, 3.63) is 63.6 Å². The van der Waals surface area contributed by atoms with Crippen molar-refractivity contribution < 1.29 is 4.79 Å². The molecule has 38 heavy (non-hydrogen) atoms. The summed E-state index contributed by atoms with van der Waals surface area (Å²) in [6.07, 6.45) is 1.82. The van der Waals surface area contributed by atoms with Crippen LogP contribution < -0.4 is 21.1 Å². The van der Waals surface area contributed by atoms with Crippen molar-refractivity contribution in [2.75, 3.05) is 36.9 Å². The Morgan fingerprint density at radius 1 is 1.03 bits per heavy atom. The fourth-order valence-electron chi connectivity index (χ4n) is 5.13. The maximum atomic E-state index is 13.0. The first-order chi connectivity index (χ1) is 18.1. The fourth-order valence-corrected chi connectivity index (χ4v) is 5.13. The molecule has 1 saturated heterocycles. The fraction of sp³-hybridized carbons (Fsp3) is 0.500. The van der Waals surface area contributed by atoms with Crippen LogP contribution in [0, 0.1) is 0 Å². The van der Waals surface area contributed by atoms with E-state index in [2.05, 4.69) is 58.4 Å². The Morgan fingerprint density at radius 3 is 2.53 bits per heavy atom. The average molecular weight is 519 g/mol. The average Bonchev–Trinajstić information content (AvgIpc) is 3.27. The Bertz CT molecular complexity index is 1370. The van der Waals surface area contributed by atoms with Crippen LogP contribution in [-0.2, 0) is 25.6 Å². The lowest BCUT2D eigenvalue weighted by Crippen LogP contribution is -2.48. The summed E-state index contributed by atoms with van der Waals surface area (Å²) in [7, 11) is 3.75. The van der Waals surface area contributed by atoms with Gasteiger partial charge >= 0.3 is 0 Å². The van der Waals surface area contributed by atoms with E-state index in [1.165, 1.54) is 10.2 Å². The van der Waals surface area contributed by atoms with Crippen LogP contribution in [0.4, 0.5) is 17.3 Å². The van der Waals surface area contributed by atoms with E-state index in [9.17, 15) is 9.59 Å². The molecular formula is C28H38N8O2. The normalized spacial score (nSPS) is 18.2. The molecule has 2 aliphatic heterocycles. The first-order valence-electron chi connectivity index (χ1n) is 13.3. The quantitative estimate of drug-likeness (QED) is 0.536. The van der Waals surface area contributed by atoms with Gasteiger partial charge in [0.2, 0.25) is 0 Å². The number of carbonyl (C=O) groups excluding carboxylic acids is 1. The van der Waals surface area contributed by atoms with E-state index >= 15 is 0 Å². The van der Waals surface area contributed by atoms with Gasteiger partial charge < -0.3 is 15.5 Å². The number of fused-ring (bicyclic) bond motifs is 1. The molecular weight excluding hydrogens is 480 g/mol. The predicted molar refractivity (Wildman–Crippen MR) is 149 cm³/mol. The number of likely N-dealkylation sites (N-methyl/N-ethyl adjacent to an activating group) is 1. The summed E-state index contributed by atoms with van der Waals surface area (Å²) in [5.74, 6) is 1.29. The number of piperidine rings is 1. The molecule has 10 nitrogen and oxygen atoms in total. The summed E-state index contributed by atoms with van der Waals surface area (Å²) < 4.78 is 3.35. The van der Waals surface area contributed by atoms with E-state index in [1.807, 2.05) is 35.0 Å². The van der Waals surface area contributed by atoms with E-state index in [4.69, 9.17) is 0 Å². The standard InChI is InChI=1S/C28H38N8O2/c1-28(2,3)20-10-8-19(9-11-20)26(37)29-21-7-6-12-35(17-21)25-16-23(27(38)34(5)32-25)30-24-15-22-18-33(4)13-14-36(22)31-24/h8-11,15-16,21H,6-7,12-14,17-18H2,1-5H3,(H,29,37)(H,30,31)/t21-/m1/s1. The first-order valence-corrected chi connectivity index (χ1v) is 13.3. The third-order valence-electron chi connectivity index (χ3n) is 7.40. The number of aromatic nitrogens is 4. The molecule has 0 saturated carbocycles. The van der Waals surface area contributed by atoms with Crippen LogP contribution in [-0.4, -0.2) is 63.1 Å². The lowest BCUT2D eigenvalue weighted by molar-refractivity contribution is 0.0933. The van der Waals surface area contributed by atoms with Crippen molar-refractivity contribution in [3.8, 4) is 0 Å². The van der Waals surface area contributed by atoms with Crippen molar-refractivity contribution in [1.82, 2.24) is 29.8 Å². The zero-order valence-corrected chi connectivity index (χ0v) is 23.0. The Hall–Kier alpha value is -3.66. The number of anilines is 3. The van der Waals surface area contributed by atoms with Gasteiger partial charge in [-0.15, -0.1) is 0 Å². The maximum absolute atomic E-state index is 13.0. The minimum Gasteiger partial charge on any atom is -0.353 e. The number of amides is 1. The van der Waals surface area contributed by atoms with Gasteiger partial charge in [-0.1, -0.05) is 32.9 Å². The molecule has 1 aromatic carbocycles. The highest BCUT2D eigenvalue weighted by Crippen LogP contribution is 2.24. The molecule has 0 bridgehead atoms. The summed E-state index contributed by atoms with van der Waals surface area (Å²) in [6, 6.07) is 11.6. The Labute approximate surface area is 223 Å². The Kier molecular flexibility index (Phi) is 7.00. The number of nitrogens with one attached hydrogen (secondary N) is 2. The lowest BCUT2D eigenvalue weighted by Gasteiger charge is -2.34. The molecule has 0 aliphatic carbocycles. The molecule has 1 atom stereocenters. The molecule has 1 fully saturated rings. The van der Waals surface area contributed by atoms with Crippen LogP contribution in [0.25, 0.3) is 0 Å². The van der Waals surface area contributed by atoms with E-state index < -0.39 is 0 Å². The highest BCUT2D eigenvalue weighted by molar-refractivity contribution is 5.94. The third kappa shape index (κ3) is 5.60. The van der Waals surface area contributed by atoms with Gasteiger partial charge in [-0.3, -0.25) is 19.2 Å². The van der Waals surface area contributed by atoms with Crippen molar-refractivity contribution >= 4 is 23.2 Å². The summed E-state index contributed by atoms with van der Waals surface area (Å²) in [4.78, 5) is 30.2. The molecule has 1 amide bonds. The molecule has 2 aliphatic rings. The second-order valence-electron chi connectivity index (χ2n) is 11.5. The van der Waals surface area contributed by atoms with Crippen LogP contribution in [0.5, 0.6) is 0 Å². The number of nitrogens with zero attached hydrogens (tertiary/aromatic N) is 6. The number of aryl methyl sites for hydroxylation is 1. The maximum Gasteiger partial charge on any atom is 0.290 e. The van der Waals surface area contributed by atoms with E-state index in [0.717, 1.165) is 44.7 Å². The Morgan fingerprint density at radius 2 is 1.79 bits per heavy atom. The highest BCUT2D eigenvalue weighted by atomic mass is 16.2. The second-order valence-corrected chi connectivity index (χ2v) is 11.5. The monoisotopic (exact) mass is 518 g/mol. The number of carbonyl (C=O) groups is 1. The Balaban J connectivity index is 1.28. The first kappa shape index (κ1) is 26.0. The predicted octanol–water partition coefficient (Wildman–Crippen LogP) is 2.86. The number of hydrogen-bond donors (Lipinski definition) is 2. The van der Waals surface area contributed by atoms with Crippen LogP contribution >= 0.6 is 0 Å². The molecule has 4 heterocycles. The van der Waals surface area contributed by atoms with Crippen molar-refractivity contribution in [3.63, 3.8) is 0 Å². The van der Waals surface area contributed by atoms with Gasteiger partial charge in [-0.2, -0.15) is 10.2 Å².